The van der Waals surface area contributed by atoms with E-state index in [1.165, 1.54) is 11.8 Å². The van der Waals surface area contributed by atoms with E-state index in [1.54, 1.807) is 21.7 Å². The van der Waals surface area contributed by atoms with Gasteiger partial charge in [0.05, 0.1) is 5.75 Å². The molecule has 2 aromatic rings. The molecule has 2 heterocycles. The first-order valence-corrected chi connectivity index (χ1v) is 9.78. The Morgan fingerprint density at radius 2 is 2.08 bits per heavy atom. The number of fused-ring (bicyclic) bond motifs is 1. The highest BCUT2D eigenvalue weighted by Crippen LogP contribution is 2.15. The number of nitrogens with zero attached hydrogens (tertiary/aromatic N) is 4. The van der Waals surface area contributed by atoms with Gasteiger partial charge in [-0.3, -0.25) is 4.79 Å². The van der Waals surface area contributed by atoms with E-state index < -0.39 is 0 Å². The van der Waals surface area contributed by atoms with Crippen LogP contribution in [0.4, 0.5) is 0 Å². The maximum Gasteiger partial charge on any atom is 0.254 e. The Morgan fingerprint density at radius 3 is 2.69 bits per heavy atom. The summed E-state index contributed by atoms with van der Waals surface area (Å²) < 4.78 is 1.76. The number of nitrogens with one attached hydrogen (secondary N) is 1. The number of aromatic nitrogens is 3. The van der Waals surface area contributed by atoms with Crippen LogP contribution in [0.15, 0.2) is 23.7 Å². The topological polar surface area (TPSA) is 62.5 Å². The molecule has 0 saturated heterocycles. The van der Waals surface area contributed by atoms with E-state index in [-0.39, 0.29) is 5.91 Å². The number of hydrogen-bond acceptors (Lipinski definition) is 5. The zero-order chi connectivity index (χ0) is 19.5. The SMILES string of the molecule is C#CN/C=C\SCc1nc2cc(C(=O)N(CC)CC)cc(C)n2n1.CC. The van der Waals surface area contributed by atoms with Crippen molar-refractivity contribution in [3.05, 3.63) is 40.8 Å². The maximum absolute atomic E-state index is 12.5. The molecule has 0 aliphatic rings. The van der Waals surface area contributed by atoms with Crippen molar-refractivity contribution in [1.82, 2.24) is 24.8 Å². The Labute approximate surface area is 160 Å². The maximum atomic E-state index is 12.5. The molecule has 0 saturated carbocycles. The number of terminal acetylenes is 1. The predicted octanol–water partition coefficient (Wildman–Crippen LogP) is 3.43. The Balaban J connectivity index is 0.00000163. The van der Waals surface area contributed by atoms with E-state index in [0.717, 1.165) is 5.69 Å². The van der Waals surface area contributed by atoms with Crippen molar-refractivity contribution in [3.63, 3.8) is 0 Å². The smallest absolute Gasteiger partial charge is 0.254 e. The molecular formula is C19H27N5OS. The first-order valence-electron chi connectivity index (χ1n) is 8.74. The number of pyridine rings is 1. The van der Waals surface area contributed by atoms with Gasteiger partial charge in [0.25, 0.3) is 5.91 Å². The summed E-state index contributed by atoms with van der Waals surface area (Å²) in [6.07, 6.45) is 6.78. The molecule has 26 heavy (non-hydrogen) atoms. The van der Waals surface area contributed by atoms with Crippen LogP contribution in [-0.4, -0.2) is 38.5 Å². The number of carbonyl (C=O) groups is 1. The van der Waals surface area contributed by atoms with Gasteiger partial charge in [-0.2, -0.15) is 5.10 Å². The molecule has 7 heteroatoms. The fraction of sp³-hybridized carbons (Fsp3) is 0.421. The van der Waals surface area contributed by atoms with Crippen molar-refractivity contribution in [2.75, 3.05) is 13.1 Å². The van der Waals surface area contributed by atoms with Gasteiger partial charge in [-0.15, -0.1) is 11.8 Å². The summed E-state index contributed by atoms with van der Waals surface area (Å²) in [6, 6.07) is 5.96. The molecule has 6 nitrogen and oxygen atoms in total. The lowest BCUT2D eigenvalue weighted by molar-refractivity contribution is 0.0773. The van der Waals surface area contributed by atoms with Crippen molar-refractivity contribution in [2.24, 2.45) is 0 Å². The molecule has 0 atom stereocenters. The summed E-state index contributed by atoms with van der Waals surface area (Å²) in [6.45, 7) is 11.2. The van der Waals surface area contributed by atoms with Crippen molar-refractivity contribution < 1.29 is 4.79 Å². The third-order valence-corrected chi connectivity index (χ3v) is 4.25. The van der Waals surface area contributed by atoms with Crippen LogP contribution in [0.5, 0.6) is 0 Å². The van der Waals surface area contributed by atoms with E-state index in [0.29, 0.717) is 35.9 Å². The second-order valence-corrected chi connectivity index (χ2v) is 5.96. The zero-order valence-corrected chi connectivity index (χ0v) is 16.9. The van der Waals surface area contributed by atoms with Crippen molar-refractivity contribution >= 4 is 23.3 Å². The van der Waals surface area contributed by atoms with Crippen LogP contribution in [0.25, 0.3) is 5.65 Å². The largest absolute Gasteiger partial charge is 0.339 e. The molecule has 0 spiro atoms. The normalized spacial score (nSPS) is 10.3. The van der Waals surface area contributed by atoms with Gasteiger partial charge in [0.2, 0.25) is 0 Å². The van der Waals surface area contributed by atoms with E-state index in [1.807, 2.05) is 46.1 Å². The first-order chi connectivity index (χ1) is 12.6. The van der Waals surface area contributed by atoms with Gasteiger partial charge in [0, 0.05) is 36.6 Å². The summed E-state index contributed by atoms with van der Waals surface area (Å²) in [7, 11) is 0. The van der Waals surface area contributed by atoms with Crippen LogP contribution in [0.3, 0.4) is 0 Å². The van der Waals surface area contributed by atoms with Gasteiger partial charge in [0.1, 0.15) is 0 Å². The van der Waals surface area contributed by atoms with E-state index in [2.05, 4.69) is 21.4 Å². The van der Waals surface area contributed by atoms with Crippen molar-refractivity contribution in [1.29, 1.82) is 0 Å². The fourth-order valence-corrected chi connectivity index (χ4v) is 2.85. The van der Waals surface area contributed by atoms with Crippen LogP contribution in [-0.2, 0) is 5.75 Å². The van der Waals surface area contributed by atoms with E-state index in [4.69, 9.17) is 6.42 Å². The molecule has 140 valence electrons. The molecular weight excluding hydrogens is 346 g/mol. The zero-order valence-electron chi connectivity index (χ0n) is 16.1. The molecule has 1 amide bonds. The second kappa shape index (κ2) is 11.2. The minimum atomic E-state index is 0.0211. The summed E-state index contributed by atoms with van der Waals surface area (Å²) in [5, 5.41) is 8.99. The number of amides is 1. The Morgan fingerprint density at radius 1 is 1.38 bits per heavy atom. The number of rotatable bonds is 7. The van der Waals surface area contributed by atoms with Crippen LogP contribution in [0, 0.1) is 19.4 Å². The predicted molar refractivity (Wildman–Crippen MR) is 109 cm³/mol. The second-order valence-electron chi connectivity index (χ2n) is 5.06. The highest BCUT2D eigenvalue weighted by molar-refractivity contribution is 8.01. The van der Waals surface area contributed by atoms with E-state index in [9.17, 15) is 4.79 Å². The molecule has 2 rings (SSSR count). The minimum Gasteiger partial charge on any atom is -0.339 e. The third kappa shape index (κ3) is 5.53. The summed E-state index contributed by atoms with van der Waals surface area (Å²) in [4.78, 5) is 18.8. The molecule has 0 aromatic carbocycles. The lowest BCUT2D eigenvalue weighted by Gasteiger charge is -2.18. The quantitative estimate of drug-likeness (QED) is 0.595. The van der Waals surface area contributed by atoms with Gasteiger partial charge in [0.15, 0.2) is 11.5 Å². The molecule has 0 fully saturated rings. The molecule has 2 aromatic heterocycles. The monoisotopic (exact) mass is 373 g/mol. The van der Waals surface area contributed by atoms with Crippen molar-refractivity contribution in [3.8, 4) is 12.5 Å². The number of thioether (sulfide) groups is 1. The molecule has 0 aliphatic carbocycles. The van der Waals surface area contributed by atoms with Gasteiger partial charge in [-0.1, -0.05) is 20.3 Å². The molecule has 0 aliphatic heterocycles. The summed E-state index contributed by atoms with van der Waals surface area (Å²) >= 11 is 1.54. The number of hydrogen-bond donors (Lipinski definition) is 1. The van der Waals surface area contributed by atoms with Gasteiger partial charge >= 0.3 is 0 Å². The Kier molecular flexibility index (Phi) is 9.31. The lowest BCUT2D eigenvalue weighted by atomic mass is 10.2. The van der Waals surface area contributed by atoms with Crippen molar-refractivity contribution in [2.45, 2.75) is 40.4 Å². The van der Waals surface area contributed by atoms with Crippen LogP contribution in [0.1, 0.15) is 49.6 Å². The van der Waals surface area contributed by atoms with Crippen LogP contribution in [0.2, 0.25) is 0 Å². The van der Waals surface area contributed by atoms with Gasteiger partial charge < -0.3 is 10.2 Å². The fourth-order valence-electron chi connectivity index (χ4n) is 2.32. The van der Waals surface area contributed by atoms with Gasteiger partial charge in [-0.05, 0) is 38.3 Å². The first kappa shape index (κ1) is 21.6. The summed E-state index contributed by atoms with van der Waals surface area (Å²) in [5.74, 6) is 1.36. The number of carbonyl (C=O) groups excluding carboxylic acids is 1. The standard InChI is InChI=1S/C17H21N5OS.C2H6/c1-5-18-8-9-24-12-15-19-16-11-14(10-13(4)22(16)20-15)17(23)21(6-2)7-3;1-2/h1,8-11,18H,6-7,12H2,2-4H3;1-2H3/b9-8-;. The molecule has 0 unspecified atom stereocenters. The molecule has 1 N–H and O–H groups in total. The Hall–Kier alpha value is -2.46. The van der Waals surface area contributed by atoms with Gasteiger partial charge in [-0.25, -0.2) is 9.50 Å². The highest BCUT2D eigenvalue weighted by Gasteiger charge is 2.15. The highest BCUT2D eigenvalue weighted by atomic mass is 32.2. The minimum absolute atomic E-state index is 0.0211. The van der Waals surface area contributed by atoms with Crippen LogP contribution < -0.4 is 5.32 Å². The van der Waals surface area contributed by atoms with E-state index >= 15 is 0 Å². The number of aryl methyl sites for hydroxylation is 1. The molecule has 0 bridgehead atoms. The third-order valence-electron chi connectivity index (χ3n) is 3.50. The molecule has 0 radical (unpaired) electrons. The average molecular weight is 374 g/mol. The van der Waals surface area contributed by atoms with Crippen LogP contribution >= 0.6 is 11.8 Å². The average Bonchev–Trinajstić information content (AvgIpc) is 3.07. The summed E-state index contributed by atoms with van der Waals surface area (Å²) in [5.41, 5.74) is 2.22. The Bertz CT molecular complexity index is 787. The lowest BCUT2D eigenvalue weighted by Crippen LogP contribution is -2.30.